The maximum Gasteiger partial charge on any atom is 0.228 e. The fourth-order valence-corrected chi connectivity index (χ4v) is 5.62. The van der Waals surface area contributed by atoms with E-state index in [2.05, 4.69) is 5.32 Å². The van der Waals surface area contributed by atoms with E-state index >= 15 is 0 Å². The number of fused-ring (bicyclic) bond motifs is 4. The number of carbonyl (C=O) groups excluding carboxylic acids is 1. The summed E-state index contributed by atoms with van der Waals surface area (Å²) in [6, 6.07) is 5.74. The normalized spacial score (nSPS) is 45.9. The Balaban J connectivity index is 1.39. The third-order valence-corrected chi connectivity index (χ3v) is 7.29. The molecule has 8 nitrogen and oxygen atoms in total. The van der Waals surface area contributed by atoms with Crippen molar-refractivity contribution in [3.63, 3.8) is 0 Å². The van der Waals surface area contributed by atoms with Crippen LogP contribution in [0.3, 0.4) is 0 Å². The topological polar surface area (TPSA) is 128 Å². The van der Waals surface area contributed by atoms with Gasteiger partial charge in [0.2, 0.25) is 6.29 Å². The van der Waals surface area contributed by atoms with Gasteiger partial charge in [-0.25, -0.2) is 0 Å². The minimum atomic E-state index is -1.37. The first-order valence-electron chi connectivity index (χ1n) is 10.3. The smallest absolute Gasteiger partial charge is 0.228 e. The second kappa shape index (κ2) is 6.92. The highest BCUT2D eigenvalue weighted by atomic mass is 16.7. The molecule has 10 unspecified atom stereocenters. The molecule has 29 heavy (non-hydrogen) atoms. The van der Waals surface area contributed by atoms with Crippen molar-refractivity contribution in [1.29, 1.82) is 0 Å². The van der Waals surface area contributed by atoms with Gasteiger partial charge in [-0.1, -0.05) is 19.1 Å². The highest BCUT2D eigenvalue weighted by molar-refractivity contribution is 5.87. The summed E-state index contributed by atoms with van der Waals surface area (Å²) in [6.07, 6.45) is -4.12. The van der Waals surface area contributed by atoms with Crippen molar-refractivity contribution < 1.29 is 34.7 Å². The van der Waals surface area contributed by atoms with Crippen LogP contribution in [0, 0.1) is 17.8 Å². The van der Waals surface area contributed by atoms with Crippen LogP contribution >= 0.6 is 0 Å². The number of carbonyl (C=O) groups is 1. The van der Waals surface area contributed by atoms with Crippen LogP contribution < -0.4 is 10.1 Å². The molecule has 4 aliphatic rings. The largest absolute Gasteiger partial charge is 0.460 e. The number of para-hydroxylation sites is 1. The van der Waals surface area contributed by atoms with Crippen LogP contribution in [0.4, 0.5) is 5.69 Å². The SMILES string of the molecule is CC1C(=O)C2CC3c4cccc(OC5OCC(O)C(O)C5O)c4NC3CC2C1O. The molecular weight excluding hydrogens is 378 g/mol. The molecule has 0 bridgehead atoms. The van der Waals surface area contributed by atoms with E-state index < -0.39 is 30.7 Å². The third-order valence-electron chi connectivity index (χ3n) is 7.29. The minimum absolute atomic E-state index is 0.0231. The van der Waals surface area contributed by atoms with Gasteiger partial charge < -0.3 is 35.2 Å². The molecule has 3 fully saturated rings. The maximum absolute atomic E-state index is 12.6. The van der Waals surface area contributed by atoms with Gasteiger partial charge in [0.05, 0.1) is 18.4 Å². The molecule has 0 spiro atoms. The molecule has 2 heterocycles. The quantitative estimate of drug-likeness (QED) is 0.465. The number of rotatable bonds is 2. The number of nitrogens with one attached hydrogen (secondary N) is 1. The molecule has 10 atom stereocenters. The summed E-state index contributed by atoms with van der Waals surface area (Å²) in [4.78, 5) is 12.6. The first kappa shape index (κ1) is 19.3. The lowest BCUT2D eigenvalue weighted by Crippen LogP contribution is -2.54. The van der Waals surface area contributed by atoms with Crippen molar-refractivity contribution in [2.45, 2.75) is 62.4 Å². The number of Topliss-reactive ketones (excluding diaryl/α,β-unsaturated/α-hetero) is 1. The molecule has 2 aliphatic carbocycles. The second-order valence-electron chi connectivity index (χ2n) is 8.87. The molecule has 2 saturated carbocycles. The summed E-state index contributed by atoms with van der Waals surface area (Å²) < 4.78 is 11.2. The van der Waals surface area contributed by atoms with Crippen LogP contribution in [0.25, 0.3) is 0 Å². The molecule has 1 saturated heterocycles. The van der Waals surface area contributed by atoms with Gasteiger partial charge >= 0.3 is 0 Å². The Hall–Kier alpha value is -1.71. The van der Waals surface area contributed by atoms with E-state index in [0.29, 0.717) is 18.6 Å². The van der Waals surface area contributed by atoms with Gasteiger partial charge in [-0.05, 0) is 30.4 Å². The van der Waals surface area contributed by atoms with Gasteiger partial charge in [0.15, 0.2) is 0 Å². The first-order chi connectivity index (χ1) is 13.9. The zero-order valence-electron chi connectivity index (χ0n) is 16.1. The molecule has 2 aliphatic heterocycles. The number of hydrogen-bond donors (Lipinski definition) is 5. The molecule has 0 radical (unpaired) electrons. The summed E-state index contributed by atoms with van der Waals surface area (Å²) in [6.45, 7) is 1.69. The average molecular weight is 405 g/mol. The van der Waals surface area contributed by atoms with Crippen LogP contribution in [-0.2, 0) is 9.53 Å². The van der Waals surface area contributed by atoms with Gasteiger partial charge in [-0.2, -0.15) is 0 Å². The van der Waals surface area contributed by atoms with Crippen molar-refractivity contribution in [1.82, 2.24) is 0 Å². The summed E-state index contributed by atoms with van der Waals surface area (Å²) >= 11 is 0. The van der Waals surface area contributed by atoms with Gasteiger partial charge in [0, 0.05) is 23.8 Å². The lowest BCUT2D eigenvalue weighted by Gasteiger charge is -2.35. The monoisotopic (exact) mass is 405 g/mol. The molecule has 1 aromatic carbocycles. The number of aliphatic hydroxyl groups is 4. The van der Waals surface area contributed by atoms with Crippen LogP contribution in [0.15, 0.2) is 18.2 Å². The number of ether oxygens (including phenoxy) is 2. The Labute approximate surface area is 168 Å². The third kappa shape index (κ3) is 2.89. The number of hydrogen-bond acceptors (Lipinski definition) is 8. The summed E-state index contributed by atoms with van der Waals surface area (Å²) in [5, 5.41) is 43.7. The van der Waals surface area contributed by atoms with E-state index in [-0.39, 0.29) is 42.1 Å². The zero-order chi connectivity index (χ0) is 20.4. The molecule has 5 N–H and O–H groups in total. The standard InChI is InChI=1S/C21H27NO7/c1-8-17(24)11-5-10-9-3-2-4-15(16(9)22-13(10)6-12(11)18(8)25)29-21-20(27)19(26)14(23)7-28-21/h2-4,8,10-14,18-23,25-27H,5-7H2,1H3. The van der Waals surface area contributed by atoms with Crippen molar-refractivity contribution in [3.8, 4) is 5.75 Å². The zero-order valence-corrected chi connectivity index (χ0v) is 16.1. The molecule has 8 heteroatoms. The van der Waals surface area contributed by atoms with Gasteiger partial charge in [0.1, 0.15) is 29.8 Å². The van der Waals surface area contributed by atoms with E-state index in [1.54, 1.807) is 6.07 Å². The predicted molar refractivity (Wildman–Crippen MR) is 101 cm³/mol. The maximum atomic E-state index is 12.6. The van der Waals surface area contributed by atoms with Crippen LogP contribution in [0.1, 0.15) is 31.2 Å². The Morgan fingerprint density at radius 3 is 2.66 bits per heavy atom. The highest BCUT2D eigenvalue weighted by Gasteiger charge is 2.54. The van der Waals surface area contributed by atoms with Gasteiger partial charge in [-0.3, -0.25) is 4.79 Å². The summed E-state index contributed by atoms with van der Waals surface area (Å²) in [5.74, 6) is 0.373. The van der Waals surface area contributed by atoms with Gasteiger partial charge in [0.25, 0.3) is 0 Å². The molecule has 5 rings (SSSR count). The lowest BCUT2D eigenvalue weighted by atomic mass is 9.71. The summed E-state index contributed by atoms with van der Waals surface area (Å²) in [7, 11) is 0. The Morgan fingerprint density at radius 1 is 1.07 bits per heavy atom. The van der Waals surface area contributed by atoms with E-state index in [1.807, 2.05) is 19.1 Å². The Kier molecular flexibility index (Phi) is 4.60. The van der Waals surface area contributed by atoms with Crippen LogP contribution in [-0.4, -0.2) is 69.6 Å². The van der Waals surface area contributed by atoms with E-state index in [9.17, 15) is 25.2 Å². The van der Waals surface area contributed by atoms with E-state index in [4.69, 9.17) is 9.47 Å². The number of ketones is 1. The molecule has 1 aromatic rings. The van der Waals surface area contributed by atoms with Gasteiger partial charge in [-0.15, -0.1) is 0 Å². The Morgan fingerprint density at radius 2 is 1.86 bits per heavy atom. The number of benzene rings is 1. The van der Waals surface area contributed by atoms with Crippen molar-refractivity contribution in [2.75, 3.05) is 11.9 Å². The highest BCUT2D eigenvalue weighted by Crippen LogP contribution is 2.54. The van der Waals surface area contributed by atoms with E-state index in [0.717, 1.165) is 11.3 Å². The number of anilines is 1. The van der Waals surface area contributed by atoms with Crippen molar-refractivity contribution in [2.24, 2.45) is 17.8 Å². The molecular formula is C21H27NO7. The van der Waals surface area contributed by atoms with Crippen LogP contribution in [0.5, 0.6) is 5.75 Å². The lowest BCUT2D eigenvalue weighted by molar-refractivity contribution is -0.241. The fraction of sp³-hybridized carbons (Fsp3) is 0.667. The fourth-order valence-electron chi connectivity index (χ4n) is 5.62. The molecule has 158 valence electrons. The minimum Gasteiger partial charge on any atom is -0.460 e. The second-order valence-corrected chi connectivity index (χ2v) is 8.87. The van der Waals surface area contributed by atoms with Crippen LogP contribution in [0.2, 0.25) is 0 Å². The molecule has 0 aromatic heterocycles. The molecule has 0 amide bonds. The van der Waals surface area contributed by atoms with Crippen molar-refractivity contribution >= 4 is 11.5 Å². The van der Waals surface area contributed by atoms with E-state index in [1.165, 1.54) is 0 Å². The number of aliphatic hydroxyl groups excluding tert-OH is 4. The average Bonchev–Trinajstić information content (AvgIpc) is 3.19. The Bertz CT molecular complexity index is 816. The summed E-state index contributed by atoms with van der Waals surface area (Å²) in [5.41, 5.74) is 1.85. The van der Waals surface area contributed by atoms with Crippen molar-refractivity contribution in [3.05, 3.63) is 23.8 Å². The predicted octanol–water partition coefficient (Wildman–Crippen LogP) is -0.0120. The first-order valence-corrected chi connectivity index (χ1v) is 10.3.